The van der Waals surface area contributed by atoms with E-state index in [2.05, 4.69) is 17.1 Å². The quantitative estimate of drug-likeness (QED) is 0.620. The normalized spacial score (nSPS) is 13.3. The van der Waals surface area contributed by atoms with Gasteiger partial charge in [0.1, 0.15) is 0 Å². The number of anilines is 3. The van der Waals surface area contributed by atoms with E-state index in [4.69, 9.17) is 5.73 Å². The van der Waals surface area contributed by atoms with Crippen molar-refractivity contribution in [3.63, 3.8) is 0 Å². The molecule has 1 amide bonds. The van der Waals surface area contributed by atoms with E-state index in [1.54, 1.807) is 0 Å². The van der Waals surface area contributed by atoms with Gasteiger partial charge in [0.25, 0.3) is 0 Å². The van der Waals surface area contributed by atoms with Crippen molar-refractivity contribution in [2.24, 2.45) is 0 Å². The molecule has 98 valence electrons. The summed E-state index contributed by atoms with van der Waals surface area (Å²) in [7, 11) is 2.05. The van der Waals surface area contributed by atoms with Gasteiger partial charge in [-0.1, -0.05) is 19.8 Å². The summed E-state index contributed by atoms with van der Waals surface area (Å²) in [5, 5.41) is 2.87. The molecule has 18 heavy (non-hydrogen) atoms. The first-order valence-electron chi connectivity index (χ1n) is 6.55. The SMILES string of the molecule is CCCCCN(C)c1cc2c(cc1N)CC(=O)N2. The third-order valence-electron chi connectivity index (χ3n) is 3.39. The van der Waals surface area contributed by atoms with Gasteiger partial charge >= 0.3 is 0 Å². The van der Waals surface area contributed by atoms with Crippen LogP contribution in [0, 0.1) is 0 Å². The Morgan fingerprint density at radius 3 is 2.89 bits per heavy atom. The maximum Gasteiger partial charge on any atom is 0.228 e. The molecule has 0 saturated carbocycles. The van der Waals surface area contributed by atoms with Crippen molar-refractivity contribution in [2.75, 3.05) is 29.5 Å². The molecule has 1 aromatic carbocycles. The van der Waals surface area contributed by atoms with Gasteiger partial charge in [0.15, 0.2) is 0 Å². The van der Waals surface area contributed by atoms with Crippen LogP contribution in [0.2, 0.25) is 0 Å². The smallest absolute Gasteiger partial charge is 0.228 e. The van der Waals surface area contributed by atoms with Crippen LogP contribution >= 0.6 is 0 Å². The minimum Gasteiger partial charge on any atom is -0.397 e. The number of nitrogens with one attached hydrogen (secondary N) is 1. The Hall–Kier alpha value is -1.71. The number of unbranched alkanes of at least 4 members (excludes halogenated alkanes) is 2. The molecule has 0 spiro atoms. The van der Waals surface area contributed by atoms with Crippen molar-refractivity contribution in [3.8, 4) is 0 Å². The zero-order valence-electron chi connectivity index (χ0n) is 11.1. The number of nitrogens with zero attached hydrogens (tertiary/aromatic N) is 1. The molecule has 0 saturated heterocycles. The second-order valence-electron chi connectivity index (χ2n) is 4.92. The molecule has 0 bridgehead atoms. The molecule has 4 nitrogen and oxygen atoms in total. The van der Waals surface area contributed by atoms with Gasteiger partial charge in [0.05, 0.1) is 17.8 Å². The Morgan fingerprint density at radius 2 is 2.17 bits per heavy atom. The molecule has 2 rings (SSSR count). The van der Waals surface area contributed by atoms with Gasteiger partial charge in [-0.25, -0.2) is 0 Å². The highest BCUT2D eigenvalue weighted by atomic mass is 16.1. The number of benzene rings is 1. The fourth-order valence-corrected chi connectivity index (χ4v) is 2.33. The third-order valence-corrected chi connectivity index (χ3v) is 3.39. The Bertz CT molecular complexity index is 457. The largest absolute Gasteiger partial charge is 0.397 e. The number of fused-ring (bicyclic) bond motifs is 1. The molecular weight excluding hydrogens is 226 g/mol. The van der Waals surface area contributed by atoms with E-state index in [0.29, 0.717) is 6.42 Å². The molecule has 0 unspecified atom stereocenters. The van der Waals surface area contributed by atoms with Crippen LogP contribution in [0.3, 0.4) is 0 Å². The lowest BCUT2D eigenvalue weighted by molar-refractivity contribution is -0.115. The summed E-state index contributed by atoms with van der Waals surface area (Å²) in [6.07, 6.45) is 4.05. The summed E-state index contributed by atoms with van der Waals surface area (Å²) in [6, 6.07) is 3.90. The molecular formula is C14H21N3O. The lowest BCUT2D eigenvalue weighted by Gasteiger charge is -2.22. The molecule has 1 heterocycles. The summed E-state index contributed by atoms with van der Waals surface area (Å²) in [5.41, 5.74) is 9.74. The first kappa shape index (κ1) is 12.7. The van der Waals surface area contributed by atoms with Crippen LogP contribution in [0.25, 0.3) is 0 Å². The Balaban J connectivity index is 2.14. The Kier molecular flexibility index (Phi) is 3.75. The van der Waals surface area contributed by atoms with Crippen LogP contribution in [-0.4, -0.2) is 19.5 Å². The second-order valence-corrected chi connectivity index (χ2v) is 4.92. The summed E-state index contributed by atoms with van der Waals surface area (Å²) in [5.74, 6) is 0.0511. The fourth-order valence-electron chi connectivity index (χ4n) is 2.33. The lowest BCUT2D eigenvalue weighted by atomic mass is 10.1. The predicted molar refractivity (Wildman–Crippen MR) is 76.0 cm³/mol. The number of carbonyl (C=O) groups is 1. The highest BCUT2D eigenvalue weighted by Gasteiger charge is 2.20. The van der Waals surface area contributed by atoms with E-state index in [0.717, 1.165) is 35.6 Å². The number of hydrogen-bond acceptors (Lipinski definition) is 3. The molecule has 0 aromatic heterocycles. The molecule has 1 aliphatic rings. The van der Waals surface area contributed by atoms with E-state index in [-0.39, 0.29) is 5.91 Å². The average Bonchev–Trinajstić information content (AvgIpc) is 2.67. The van der Waals surface area contributed by atoms with E-state index in [1.807, 2.05) is 19.2 Å². The summed E-state index contributed by atoms with van der Waals surface area (Å²) in [4.78, 5) is 13.5. The molecule has 0 aliphatic carbocycles. The minimum absolute atomic E-state index is 0.0511. The predicted octanol–water partition coefficient (Wildman–Crippen LogP) is 2.39. The molecule has 0 atom stereocenters. The zero-order chi connectivity index (χ0) is 13.1. The van der Waals surface area contributed by atoms with Crippen LogP contribution < -0.4 is 16.0 Å². The zero-order valence-corrected chi connectivity index (χ0v) is 11.1. The van der Waals surface area contributed by atoms with E-state index >= 15 is 0 Å². The van der Waals surface area contributed by atoms with Crippen LogP contribution in [0.5, 0.6) is 0 Å². The van der Waals surface area contributed by atoms with Gasteiger partial charge in [-0.15, -0.1) is 0 Å². The number of nitrogen functional groups attached to an aromatic ring is 1. The molecule has 4 heteroatoms. The van der Waals surface area contributed by atoms with Crippen molar-refractivity contribution in [1.29, 1.82) is 0 Å². The number of nitrogens with two attached hydrogens (primary N) is 1. The van der Waals surface area contributed by atoms with Gasteiger partial charge < -0.3 is 16.0 Å². The maximum absolute atomic E-state index is 11.3. The Morgan fingerprint density at radius 1 is 1.39 bits per heavy atom. The minimum atomic E-state index is 0.0511. The fraction of sp³-hybridized carbons (Fsp3) is 0.500. The number of carbonyl (C=O) groups excluding carboxylic acids is 1. The van der Waals surface area contributed by atoms with Gasteiger partial charge in [-0.05, 0) is 24.1 Å². The van der Waals surface area contributed by atoms with Gasteiger partial charge in [0, 0.05) is 19.3 Å². The van der Waals surface area contributed by atoms with Crippen molar-refractivity contribution in [1.82, 2.24) is 0 Å². The molecule has 1 aromatic rings. The lowest BCUT2D eigenvalue weighted by Crippen LogP contribution is -2.19. The third kappa shape index (κ3) is 2.58. The number of amides is 1. The summed E-state index contributed by atoms with van der Waals surface area (Å²) >= 11 is 0. The molecule has 0 radical (unpaired) electrons. The monoisotopic (exact) mass is 247 g/mol. The number of rotatable bonds is 5. The molecule has 3 N–H and O–H groups in total. The Labute approximate surface area is 108 Å². The standard InChI is InChI=1S/C14H21N3O/c1-3-4-5-6-17(2)13-9-12-10(7-11(13)15)8-14(18)16-12/h7,9H,3-6,8,15H2,1-2H3,(H,16,18). The van der Waals surface area contributed by atoms with E-state index in [9.17, 15) is 4.79 Å². The highest BCUT2D eigenvalue weighted by molar-refractivity contribution is 6.00. The van der Waals surface area contributed by atoms with Crippen molar-refractivity contribution in [2.45, 2.75) is 32.6 Å². The van der Waals surface area contributed by atoms with E-state index < -0.39 is 0 Å². The van der Waals surface area contributed by atoms with Crippen molar-refractivity contribution < 1.29 is 4.79 Å². The highest BCUT2D eigenvalue weighted by Crippen LogP contribution is 2.33. The average molecular weight is 247 g/mol. The van der Waals surface area contributed by atoms with Crippen molar-refractivity contribution in [3.05, 3.63) is 17.7 Å². The first-order chi connectivity index (χ1) is 8.61. The topological polar surface area (TPSA) is 58.4 Å². The van der Waals surface area contributed by atoms with Crippen LogP contribution in [0.1, 0.15) is 31.7 Å². The second kappa shape index (κ2) is 5.29. The van der Waals surface area contributed by atoms with Crippen LogP contribution in [0.15, 0.2) is 12.1 Å². The summed E-state index contributed by atoms with van der Waals surface area (Å²) < 4.78 is 0. The van der Waals surface area contributed by atoms with Gasteiger partial charge in [0.2, 0.25) is 5.91 Å². The van der Waals surface area contributed by atoms with Crippen molar-refractivity contribution >= 4 is 23.0 Å². The first-order valence-corrected chi connectivity index (χ1v) is 6.55. The van der Waals surface area contributed by atoms with Gasteiger partial charge in [-0.3, -0.25) is 4.79 Å². The van der Waals surface area contributed by atoms with E-state index in [1.165, 1.54) is 12.8 Å². The van der Waals surface area contributed by atoms with Gasteiger partial charge in [-0.2, -0.15) is 0 Å². The van der Waals surface area contributed by atoms with Crippen LogP contribution in [0.4, 0.5) is 17.1 Å². The molecule has 1 aliphatic heterocycles. The number of hydrogen-bond donors (Lipinski definition) is 2. The van der Waals surface area contributed by atoms with Crippen LogP contribution in [-0.2, 0) is 11.2 Å². The maximum atomic E-state index is 11.3. The summed E-state index contributed by atoms with van der Waals surface area (Å²) in [6.45, 7) is 3.18. The molecule has 0 fully saturated rings.